The second-order valence-corrected chi connectivity index (χ2v) is 9.89. The molecular formula is C30H36N6O5. The number of piperazine rings is 1. The molecule has 2 amide bonds. The lowest BCUT2D eigenvalue weighted by atomic mass is 10.0. The molecule has 11 nitrogen and oxygen atoms in total. The average Bonchev–Trinajstić information content (AvgIpc) is 2.99. The zero-order valence-electron chi connectivity index (χ0n) is 23.6. The summed E-state index contributed by atoms with van der Waals surface area (Å²) in [4.78, 5) is 54.6. The molecule has 41 heavy (non-hydrogen) atoms. The molecule has 2 heterocycles. The summed E-state index contributed by atoms with van der Waals surface area (Å²) in [5, 5.41) is 7.66. The summed E-state index contributed by atoms with van der Waals surface area (Å²) in [6, 6.07) is 20.1. The van der Waals surface area contributed by atoms with Crippen LogP contribution in [-0.4, -0.2) is 76.7 Å². The lowest BCUT2D eigenvalue weighted by Crippen LogP contribution is -2.56. The van der Waals surface area contributed by atoms with Gasteiger partial charge in [0.05, 0.1) is 19.7 Å². The summed E-state index contributed by atoms with van der Waals surface area (Å²) in [6.45, 7) is 7.56. The zero-order valence-corrected chi connectivity index (χ0v) is 23.6. The number of amides is 2. The van der Waals surface area contributed by atoms with E-state index in [4.69, 9.17) is 9.57 Å². The number of rotatable bonds is 10. The van der Waals surface area contributed by atoms with E-state index in [1.54, 1.807) is 17.9 Å². The van der Waals surface area contributed by atoms with Crippen LogP contribution in [0.3, 0.4) is 0 Å². The Kier molecular flexibility index (Phi) is 10.2. The van der Waals surface area contributed by atoms with Gasteiger partial charge in [-0.3, -0.25) is 9.59 Å². The van der Waals surface area contributed by atoms with Crippen molar-refractivity contribution in [1.29, 1.82) is 0 Å². The monoisotopic (exact) mass is 560 g/mol. The molecule has 0 bridgehead atoms. The standard InChI is InChI=1S/C30H36N6O5/c1-4-40-30(39)41-36-17-15-35(16-18-36)29(38)26(21(2)3)34-28(37)24-19-25(31-20-22-11-7-5-8-12-22)33-27(32-24)23-13-9-6-10-14-23/h5-14,19,21,26H,4,15-18,20H2,1-3H3,(H,34,37)(H,31,32,33)/t26-/m0/s1. The van der Waals surface area contributed by atoms with E-state index < -0.39 is 18.1 Å². The highest BCUT2D eigenvalue weighted by Gasteiger charge is 2.32. The summed E-state index contributed by atoms with van der Waals surface area (Å²) >= 11 is 0. The van der Waals surface area contributed by atoms with Gasteiger partial charge in [-0.05, 0) is 18.4 Å². The van der Waals surface area contributed by atoms with E-state index in [9.17, 15) is 14.4 Å². The van der Waals surface area contributed by atoms with Crippen LogP contribution in [0.1, 0.15) is 36.8 Å². The smallest absolute Gasteiger partial charge is 0.433 e. The maximum Gasteiger partial charge on any atom is 0.527 e. The number of ether oxygens (including phenoxy) is 1. The number of anilines is 1. The third-order valence-electron chi connectivity index (χ3n) is 6.54. The fourth-order valence-electron chi connectivity index (χ4n) is 4.33. The Hall–Kier alpha value is -4.51. The minimum atomic E-state index is -0.768. The number of hydroxylamine groups is 2. The largest absolute Gasteiger partial charge is 0.527 e. The molecule has 1 saturated heterocycles. The van der Waals surface area contributed by atoms with Gasteiger partial charge in [0, 0.05) is 31.3 Å². The van der Waals surface area contributed by atoms with Gasteiger partial charge in [-0.2, -0.15) is 0 Å². The van der Waals surface area contributed by atoms with Crippen LogP contribution in [0.15, 0.2) is 66.7 Å². The Labute approximate surface area is 239 Å². The quantitative estimate of drug-likeness (QED) is 0.357. The van der Waals surface area contributed by atoms with Crippen molar-refractivity contribution in [2.45, 2.75) is 33.4 Å². The van der Waals surface area contributed by atoms with Gasteiger partial charge in [-0.25, -0.2) is 14.8 Å². The lowest BCUT2D eigenvalue weighted by Gasteiger charge is -2.35. The lowest BCUT2D eigenvalue weighted by molar-refractivity contribution is -0.158. The van der Waals surface area contributed by atoms with Gasteiger partial charge < -0.3 is 25.1 Å². The van der Waals surface area contributed by atoms with Gasteiger partial charge in [0.1, 0.15) is 17.6 Å². The Morgan fingerprint density at radius 3 is 2.22 bits per heavy atom. The Bertz CT molecular complexity index is 1310. The highest BCUT2D eigenvalue weighted by molar-refractivity contribution is 5.97. The summed E-state index contributed by atoms with van der Waals surface area (Å²) in [5.41, 5.74) is 1.99. The zero-order chi connectivity index (χ0) is 29.2. The maximum absolute atomic E-state index is 13.5. The van der Waals surface area contributed by atoms with Crippen molar-refractivity contribution in [2.24, 2.45) is 5.92 Å². The molecule has 2 N–H and O–H groups in total. The van der Waals surface area contributed by atoms with Crippen LogP contribution in [-0.2, 0) is 20.9 Å². The molecule has 4 rings (SSSR count). The molecule has 1 atom stereocenters. The fourth-order valence-corrected chi connectivity index (χ4v) is 4.33. The van der Waals surface area contributed by atoms with Gasteiger partial charge in [0.25, 0.3) is 5.91 Å². The van der Waals surface area contributed by atoms with Gasteiger partial charge in [-0.15, -0.1) is 5.06 Å². The predicted octanol–water partition coefficient (Wildman–Crippen LogP) is 3.74. The van der Waals surface area contributed by atoms with E-state index in [-0.39, 0.29) is 24.1 Å². The van der Waals surface area contributed by atoms with Crippen molar-refractivity contribution in [3.05, 3.63) is 78.0 Å². The van der Waals surface area contributed by atoms with E-state index in [1.807, 2.05) is 74.5 Å². The number of nitrogens with one attached hydrogen (secondary N) is 2. The molecule has 1 fully saturated rings. The van der Waals surface area contributed by atoms with Crippen LogP contribution in [0.5, 0.6) is 0 Å². The van der Waals surface area contributed by atoms with Crippen LogP contribution in [0.4, 0.5) is 10.6 Å². The van der Waals surface area contributed by atoms with E-state index >= 15 is 0 Å². The second-order valence-electron chi connectivity index (χ2n) is 9.89. The molecule has 3 aromatic rings. The first-order valence-corrected chi connectivity index (χ1v) is 13.8. The third-order valence-corrected chi connectivity index (χ3v) is 6.54. The van der Waals surface area contributed by atoms with Crippen molar-refractivity contribution in [3.8, 4) is 11.4 Å². The van der Waals surface area contributed by atoms with Crippen LogP contribution in [0, 0.1) is 5.92 Å². The molecule has 11 heteroatoms. The number of carbonyl (C=O) groups excluding carboxylic acids is 3. The first kappa shape index (κ1) is 29.5. The number of nitrogens with zero attached hydrogens (tertiary/aromatic N) is 4. The van der Waals surface area contributed by atoms with Gasteiger partial charge >= 0.3 is 6.16 Å². The maximum atomic E-state index is 13.5. The fraction of sp³-hybridized carbons (Fsp3) is 0.367. The summed E-state index contributed by atoms with van der Waals surface area (Å²) in [6.07, 6.45) is -0.767. The van der Waals surface area contributed by atoms with Gasteiger partial charge in [-0.1, -0.05) is 74.5 Å². The number of carbonyl (C=O) groups is 3. The van der Waals surface area contributed by atoms with E-state index in [0.717, 1.165) is 11.1 Å². The normalized spacial score (nSPS) is 14.3. The van der Waals surface area contributed by atoms with Crippen LogP contribution in [0.2, 0.25) is 0 Å². The molecule has 216 valence electrons. The molecule has 0 spiro atoms. The van der Waals surface area contributed by atoms with Gasteiger partial charge in [0.15, 0.2) is 5.82 Å². The van der Waals surface area contributed by atoms with Crippen molar-refractivity contribution >= 4 is 23.8 Å². The van der Waals surface area contributed by atoms with Gasteiger partial charge in [0.2, 0.25) is 5.91 Å². The SMILES string of the molecule is CCOC(=O)ON1CCN(C(=O)[C@@H](NC(=O)c2cc(NCc3ccccc3)nc(-c3ccccc3)n2)C(C)C)CC1. The second kappa shape index (κ2) is 14.2. The molecule has 0 radical (unpaired) electrons. The number of hydrogen-bond acceptors (Lipinski definition) is 9. The van der Waals surface area contributed by atoms with Crippen LogP contribution in [0.25, 0.3) is 11.4 Å². The average molecular weight is 561 g/mol. The Morgan fingerprint density at radius 1 is 0.927 bits per heavy atom. The molecule has 0 saturated carbocycles. The van der Waals surface area contributed by atoms with E-state index in [1.165, 1.54) is 5.06 Å². The molecule has 1 aromatic heterocycles. The molecular weight excluding hydrogens is 524 g/mol. The Balaban J connectivity index is 1.48. The molecule has 1 aliphatic heterocycles. The van der Waals surface area contributed by atoms with Crippen molar-refractivity contribution in [2.75, 3.05) is 38.1 Å². The molecule has 0 unspecified atom stereocenters. The molecule has 1 aliphatic rings. The predicted molar refractivity (Wildman–Crippen MR) is 154 cm³/mol. The summed E-state index contributed by atoms with van der Waals surface area (Å²) in [7, 11) is 0. The minimum Gasteiger partial charge on any atom is -0.433 e. The van der Waals surface area contributed by atoms with Crippen LogP contribution < -0.4 is 10.6 Å². The number of benzene rings is 2. The first-order chi connectivity index (χ1) is 19.8. The highest BCUT2D eigenvalue weighted by Crippen LogP contribution is 2.19. The van der Waals surface area contributed by atoms with Crippen molar-refractivity contribution in [1.82, 2.24) is 25.2 Å². The number of hydrogen-bond donors (Lipinski definition) is 2. The number of aromatic nitrogens is 2. The minimum absolute atomic E-state index is 0.153. The van der Waals surface area contributed by atoms with Crippen molar-refractivity contribution < 1.29 is 24.0 Å². The van der Waals surface area contributed by atoms with E-state index in [2.05, 4.69) is 20.6 Å². The summed E-state index contributed by atoms with van der Waals surface area (Å²) in [5.74, 6) is 0.0518. The van der Waals surface area contributed by atoms with Crippen LogP contribution >= 0.6 is 0 Å². The highest BCUT2D eigenvalue weighted by atomic mass is 16.8. The third kappa shape index (κ3) is 8.24. The van der Waals surface area contributed by atoms with E-state index in [0.29, 0.717) is 44.4 Å². The molecule has 2 aromatic carbocycles. The van der Waals surface area contributed by atoms with Crippen molar-refractivity contribution in [3.63, 3.8) is 0 Å². The topological polar surface area (TPSA) is 126 Å². The summed E-state index contributed by atoms with van der Waals surface area (Å²) < 4.78 is 4.81. The molecule has 0 aliphatic carbocycles. The Morgan fingerprint density at radius 2 is 1.59 bits per heavy atom. The first-order valence-electron chi connectivity index (χ1n) is 13.8.